The van der Waals surface area contributed by atoms with E-state index < -0.39 is 6.10 Å². The first-order chi connectivity index (χ1) is 11.7. The van der Waals surface area contributed by atoms with Crippen LogP contribution < -0.4 is 0 Å². The van der Waals surface area contributed by atoms with Crippen molar-refractivity contribution in [2.45, 2.75) is 63.4 Å². The molecule has 1 saturated heterocycles. The van der Waals surface area contributed by atoms with Crippen molar-refractivity contribution < 1.29 is 19.7 Å². The first-order valence-corrected chi connectivity index (χ1v) is 9.37. The van der Waals surface area contributed by atoms with E-state index in [1.807, 2.05) is 6.07 Å². The number of aliphatic hydroxyl groups excluding tert-OH is 2. The molecular formula is C20H30O4. The molecule has 4 heteroatoms. The van der Waals surface area contributed by atoms with E-state index >= 15 is 0 Å². The largest absolute Gasteiger partial charge is 0.393 e. The van der Waals surface area contributed by atoms with E-state index in [4.69, 9.17) is 9.47 Å². The van der Waals surface area contributed by atoms with Gasteiger partial charge in [-0.15, -0.1) is 0 Å². The number of hydrogen-bond acceptors (Lipinski definition) is 4. The molecule has 1 saturated carbocycles. The summed E-state index contributed by atoms with van der Waals surface area (Å²) in [5.74, 6) is 0.266. The second-order valence-electron chi connectivity index (χ2n) is 7.19. The predicted molar refractivity (Wildman–Crippen MR) is 92.5 cm³/mol. The molecule has 134 valence electrons. The smallest absolute Gasteiger partial charge is 0.158 e. The normalized spacial score (nSPS) is 30.9. The minimum absolute atomic E-state index is 0.0947. The molecule has 0 amide bonds. The molecule has 0 spiro atoms. The number of ether oxygens (including phenoxy) is 2. The van der Waals surface area contributed by atoms with Gasteiger partial charge in [0.05, 0.1) is 25.4 Å². The van der Waals surface area contributed by atoms with Gasteiger partial charge in [-0.1, -0.05) is 43.2 Å². The monoisotopic (exact) mass is 334 g/mol. The molecule has 1 aliphatic heterocycles. The number of hydrogen-bond donors (Lipinski definition) is 2. The lowest BCUT2D eigenvalue weighted by Gasteiger charge is -2.25. The van der Waals surface area contributed by atoms with Gasteiger partial charge in [-0.05, 0) is 43.1 Å². The van der Waals surface area contributed by atoms with E-state index in [1.165, 1.54) is 12.0 Å². The van der Waals surface area contributed by atoms with Crippen LogP contribution in [0.15, 0.2) is 30.3 Å². The van der Waals surface area contributed by atoms with Crippen molar-refractivity contribution in [2.75, 3.05) is 13.2 Å². The van der Waals surface area contributed by atoms with Gasteiger partial charge in [-0.2, -0.15) is 0 Å². The Morgan fingerprint density at radius 2 is 1.58 bits per heavy atom. The van der Waals surface area contributed by atoms with Gasteiger partial charge in [0, 0.05) is 6.42 Å². The number of unbranched alkanes of at least 4 members (excludes halogenated alkanes) is 2. The van der Waals surface area contributed by atoms with Gasteiger partial charge in [0.2, 0.25) is 0 Å². The minimum Gasteiger partial charge on any atom is -0.393 e. The van der Waals surface area contributed by atoms with Crippen LogP contribution in [0.5, 0.6) is 0 Å². The van der Waals surface area contributed by atoms with Crippen molar-refractivity contribution in [2.24, 2.45) is 11.8 Å². The summed E-state index contributed by atoms with van der Waals surface area (Å²) in [5.41, 5.74) is 1.39. The molecule has 2 fully saturated rings. The fourth-order valence-electron chi connectivity index (χ4n) is 4.20. The Kier molecular flexibility index (Phi) is 6.67. The van der Waals surface area contributed by atoms with E-state index in [-0.39, 0.29) is 24.2 Å². The zero-order valence-electron chi connectivity index (χ0n) is 14.3. The number of aliphatic hydroxyl groups is 2. The molecule has 2 N–H and O–H groups in total. The lowest BCUT2D eigenvalue weighted by atomic mass is 9.86. The Bertz CT molecular complexity index is 472. The Labute approximate surface area is 144 Å². The highest BCUT2D eigenvalue weighted by Gasteiger charge is 2.42. The Hall–Kier alpha value is -0.940. The van der Waals surface area contributed by atoms with E-state index in [2.05, 4.69) is 24.3 Å². The molecule has 0 radical (unpaired) electrons. The van der Waals surface area contributed by atoms with Gasteiger partial charge in [0.1, 0.15) is 0 Å². The summed E-state index contributed by atoms with van der Waals surface area (Å²) in [6.07, 6.45) is 5.71. The van der Waals surface area contributed by atoms with E-state index in [9.17, 15) is 10.2 Å². The summed E-state index contributed by atoms with van der Waals surface area (Å²) in [6, 6.07) is 10.6. The molecule has 0 unspecified atom stereocenters. The molecule has 4 nitrogen and oxygen atoms in total. The molecule has 1 aromatic rings. The molecular weight excluding hydrogens is 304 g/mol. The van der Waals surface area contributed by atoms with Crippen LogP contribution in [0.2, 0.25) is 0 Å². The third-order valence-corrected chi connectivity index (χ3v) is 5.52. The molecule has 1 heterocycles. The average molecular weight is 334 g/mol. The number of rotatable bonds is 8. The van der Waals surface area contributed by atoms with E-state index in [0.29, 0.717) is 26.1 Å². The van der Waals surface area contributed by atoms with Crippen LogP contribution in [0.3, 0.4) is 0 Å². The van der Waals surface area contributed by atoms with Crippen molar-refractivity contribution in [3.05, 3.63) is 35.9 Å². The van der Waals surface area contributed by atoms with Gasteiger partial charge < -0.3 is 19.7 Å². The van der Waals surface area contributed by atoms with E-state index in [1.54, 1.807) is 0 Å². The molecule has 2 aliphatic rings. The zero-order chi connectivity index (χ0) is 16.8. The summed E-state index contributed by atoms with van der Waals surface area (Å²) in [6.45, 7) is 1.28. The summed E-state index contributed by atoms with van der Waals surface area (Å²) in [7, 11) is 0. The molecule has 4 atom stereocenters. The zero-order valence-corrected chi connectivity index (χ0v) is 14.3. The second kappa shape index (κ2) is 8.95. The van der Waals surface area contributed by atoms with Crippen molar-refractivity contribution in [1.82, 2.24) is 0 Å². The summed E-state index contributed by atoms with van der Waals surface area (Å²) >= 11 is 0. The third kappa shape index (κ3) is 4.79. The van der Waals surface area contributed by atoms with Crippen molar-refractivity contribution >= 4 is 0 Å². The topological polar surface area (TPSA) is 58.9 Å². The van der Waals surface area contributed by atoms with E-state index in [0.717, 1.165) is 25.7 Å². The highest BCUT2D eigenvalue weighted by Crippen LogP contribution is 2.39. The first kappa shape index (κ1) is 17.9. The van der Waals surface area contributed by atoms with Gasteiger partial charge in [0.15, 0.2) is 6.29 Å². The van der Waals surface area contributed by atoms with Gasteiger partial charge in [-0.25, -0.2) is 0 Å². The Balaban J connectivity index is 1.40. The van der Waals surface area contributed by atoms with Crippen molar-refractivity contribution in [3.63, 3.8) is 0 Å². The van der Waals surface area contributed by atoms with Gasteiger partial charge in [0.25, 0.3) is 0 Å². The maximum absolute atomic E-state index is 10.3. The predicted octanol–water partition coefficient (Wildman–Crippen LogP) is 2.91. The number of benzene rings is 1. The SMILES string of the molecule is O[C@@H]1C[C@H](O)[C@H](CCCCCc2ccccc2)[C@H]1CC1OCCO1. The number of aryl methyl sites for hydroxylation is 1. The Morgan fingerprint density at radius 1 is 0.875 bits per heavy atom. The van der Waals surface area contributed by atoms with Crippen LogP contribution in [0.25, 0.3) is 0 Å². The minimum atomic E-state index is -0.429. The first-order valence-electron chi connectivity index (χ1n) is 9.37. The summed E-state index contributed by atoms with van der Waals surface area (Å²) in [4.78, 5) is 0. The van der Waals surface area contributed by atoms with Crippen LogP contribution in [-0.2, 0) is 15.9 Å². The maximum Gasteiger partial charge on any atom is 0.158 e. The molecule has 0 bridgehead atoms. The quantitative estimate of drug-likeness (QED) is 0.718. The van der Waals surface area contributed by atoms with Crippen LogP contribution in [0, 0.1) is 11.8 Å². The third-order valence-electron chi connectivity index (χ3n) is 5.52. The van der Waals surface area contributed by atoms with Gasteiger partial charge >= 0.3 is 0 Å². The second-order valence-corrected chi connectivity index (χ2v) is 7.19. The van der Waals surface area contributed by atoms with Gasteiger partial charge in [-0.3, -0.25) is 0 Å². The fraction of sp³-hybridized carbons (Fsp3) is 0.700. The molecule has 1 aliphatic carbocycles. The Morgan fingerprint density at radius 3 is 2.33 bits per heavy atom. The lowest BCUT2D eigenvalue weighted by molar-refractivity contribution is -0.0726. The summed E-state index contributed by atoms with van der Waals surface area (Å²) in [5, 5.41) is 20.6. The maximum atomic E-state index is 10.3. The summed E-state index contributed by atoms with van der Waals surface area (Å²) < 4.78 is 11.0. The van der Waals surface area contributed by atoms with Crippen molar-refractivity contribution in [3.8, 4) is 0 Å². The standard InChI is InChI=1S/C20H30O4/c21-18-14-19(22)17(13-20-23-11-12-24-20)16(18)10-6-2-5-9-15-7-3-1-4-8-15/h1,3-4,7-8,16-22H,2,5-6,9-14H2/t16-,17-,18+,19-/m1/s1. The van der Waals surface area contributed by atoms with Crippen LogP contribution in [0.1, 0.15) is 44.1 Å². The molecule has 24 heavy (non-hydrogen) atoms. The van der Waals surface area contributed by atoms with Crippen LogP contribution >= 0.6 is 0 Å². The van der Waals surface area contributed by atoms with Crippen LogP contribution in [-0.4, -0.2) is 41.9 Å². The van der Waals surface area contributed by atoms with Crippen LogP contribution in [0.4, 0.5) is 0 Å². The average Bonchev–Trinajstić information content (AvgIpc) is 3.18. The fourth-order valence-corrected chi connectivity index (χ4v) is 4.20. The highest BCUT2D eigenvalue weighted by molar-refractivity contribution is 5.14. The lowest BCUT2D eigenvalue weighted by Crippen LogP contribution is -2.27. The molecule has 0 aromatic heterocycles. The molecule has 1 aromatic carbocycles. The highest BCUT2D eigenvalue weighted by atomic mass is 16.7. The van der Waals surface area contributed by atoms with Crippen molar-refractivity contribution in [1.29, 1.82) is 0 Å². The molecule has 3 rings (SSSR count).